The number of rotatable bonds is 6. The average molecular weight is 461 g/mol. The van der Waals surface area contributed by atoms with Crippen LogP contribution in [0.15, 0.2) is 46.9 Å². The van der Waals surface area contributed by atoms with E-state index in [4.69, 9.17) is 4.74 Å². The summed E-state index contributed by atoms with van der Waals surface area (Å²) in [7, 11) is 0. The molecule has 5 heteroatoms. The Hall–Kier alpha value is -2.01. The summed E-state index contributed by atoms with van der Waals surface area (Å²) in [6, 6.07) is 13.9. The maximum Gasteiger partial charge on any atom is 0.319 e. The van der Waals surface area contributed by atoms with Crippen LogP contribution in [0.2, 0.25) is 0 Å². The van der Waals surface area contributed by atoms with Crippen molar-refractivity contribution in [2.24, 2.45) is 0 Å². The molecule has 0 radical (unpaired) electrons. The number of nitrogens with one attached hydrogen (secondary N) is 2. The Morgan fingerprint density at radius 3 is 2.31 bits per heavy atom. The Bertz CT molecular complexity index is 836. The summed E-state index contributed by atoms with van der Waals surface area (Å²) in [5, 5.41) is 5.85. The fourth-order valence-electron chi connectivity index (χ4n) is 2.95. The van der Waals surface area contributed by atoms with Gasteiger partial charge in [0.25, 0.3) is 0 Å². The summed E-state index contributed by atoms with van der Waals surface area (Å²) in [5.41, 5.74) is 3.28. The minimum Gasteiger partial charge on any atom is -0.492 e. The summed E-state index contributed by atoms with van der Waals surface area (Å²) < 4.78 is 6.80. The molecule has 0 saturated heterocycles. The summed E-state index contributed by atoms with van der Waals surface area (Å²) in [6.07, 6.45) is 0.724. The predicted molar refractivity (Wildman–Crippen MR) is 125 cm³/mol. The van der Waals surface area contributed by atoms with E-state index in [9.17, 15) is 4.79 Å². The van der Waals surface area contributed by atoms with Gasteiger partial charge >= 0.3 is 6.03 Å². The van der Waals surface area contributed by atoms with Gasteiger partial charge in [0.05, 0.1) is 11.1 Å². The summed E-state index contributed by atoms with van der Waals surface area (Å²) in [6.45, 7) is 14.0. The Morgan fingerprint density at radius 2 is 1.69 bits per heavy atom. The van der Waals surface area contributed by atoms with Gasteiger partial charge in [0.15, 0.2) is 0 Å². The zero-order chi connectivity index (χ0) is 21.7. The third-order valence-corrected chi connectivity index (χ3v) is 5.27. The Kier molecular flexibility index (Phi) is 7.75. The zero-order valence-corrected chi connectivity index (χ0v) is 19.9. The molecule has 0 aliphatic heterocycles. The first kappa shape index (κ1) is 23.3. The van der Waals surface area contributed by atoms with Crippen LogP contribution in [0.4, 0.5) is 10.5 Å². The van der Waals surface area contributed by atoms with Crippen molar-refractivity contribution in [1.82, 2.24) is 5.32 Å². The molecular formula is C24H33BrN2O2. The highest BCUT2D eigenvalue weighted by Crippen LogP contribution is 2.31. The monoisotopic (exact) mass is 460 g/mol. The van der Waals surface area contributed by atoms with E-state index in [1.165, 1.54) is 5.56 Å². The highest BCUT2D eigenvalue weighted by atomic mass is 79.9. The Morgan fingerprint density at radius 1 is 1.00 bits per heavy atom. The maximum atomic E-state index is 12.2. The first-order valence-corrected chi connectivity index (χ1v) is 10.8. The number of hydrogen-bond donors (Lipinski definition) is 2. The lowest BCUT2D eigenvalue weighted by molar-refractivity contribution is 0.250. The van der Waals surface area contributed by atoms with Crippen LogP contribution in [0.5, 0.6) is 5.75 Å². The number of carbonyl (C=O) groups is 1. The molecule has 29 heavy (non-hydrogen) atoms. The normalized spacial score (nSPS) is 11.8. The highest BCUT2D eigenvalue weighted by Gasteiger charge is 2.18. The van der Waals surface area contributed by atoms with E-state index in [0.29, 0.717) is 13.2 Å². The second-order valence-corrected chi connectivity index (χ2v) is 10.1. The summed E-state index contributed by atoms with van der Waals surface area (Å²) in [4.78, 5) is 12.2. The number of carbonyl (C=O) groups excluding carboxylic acids is 1. The van der Waals surface area contributed by atoms with Crippen molar-refractivity contribution in [1.29, 1.82) is 0 Å². The molecule has 2 amide bonds. The van der Waals surface area contributed by atoms with Crippen LogP contribution in [-0.4, -0.2) is 19.2 Å². The van der Waals surface area contributed by atoms with Gasteiger partial charge in [-0.1, -0.05) is 65.8 Å². The van der Waals surface area contributed by atoms with Gasteiger partial charge < -0.3 is 15.4 Å². The molecule has 0 saturated carbocycles. The number of hydrogen-bond acceptors (Lipinski definition) is 2. The Balaban J connectivity index is 1.78. The average Bonchev–Trinajstić information content (AvgIpc) is 2.61. The summed E-state index contributed by atoms with van der Waals surface area (Å²) in [5.74, 6) is 0.821. The molecular weight excluding hydrogens is 428 g/mol. The first-order chi connectivity index (χ1) is 13.5. The lowest BCUT2D eigenvalue weighted by atomic mass is 9.86. The number of amides is 2. The molecule has 0 unspecified atom stereocenters. The van der Waals surface area contributed by atoms with E-state index in [0.717, 1.165) is 27.9 Å². The maximum absolute atomic E-state index is 12.2. The van der Waals surface area contributed by atoms with Gasteiger partial charge in [0, 0.05) is 12.2 Å². The van der Waals surface area contributed by atoms with Gasteiger partial charge in [0.2, 0.25) is 0 Å². The van der Waals surface area contributed by atoms with E-state index in [2.05, 4.69) is 80.2 Å². The van der Waals surface area contributed by atoms with Crippen LogP contribution >= 0.6 is 15.9 Å². The van der Waals surface area contributed by atoms with E-state index in [1.54, 1.807) is 0 Å². The van der Waals surface area contributed by atoms with E-state index in [-0.39, 0.29) is 16.9 Å². The van der Waals surface area contributed by atoms with Gasteiger partial charge in [-0.3, -0.25) is 0 Å². The SMILES string of the molecule is CC(C)(C)c1ccc(OCCCNC(=O)Nc2ccccc2C(C)(C)C)c(Br)c1. The van der Waals surface area contributed by atoms with Crippen LogP contribution in [-0.2, 0) is 10.8 Å². The van der Waals surface area contributed by atoms with Crippen LogP contribution in [0, 0.1) is 0 Å². The smallest absolute Gasteiger partial charge is 0.319 e. The van der Waals surface area contributed by atoms with E-state index in [1.807, 2.05) is 30.3 Å². The molecule has 158 valence electrons. The number of benzene rings is 2. The molecule has 4 nitrogen and oxygen atoms in total. The summed E-state index contributed by atoms with van der Waals surface area (Å²) >= 11 is 3.59. The number of para-hydroxylation sites is 1. The molecule has 0 aromatic heterocycles. The quantitative estimate of drug-likeness (QED) is 0.474. The molecule has 0 fully saturated rings. The van der Waals surface area contributed by atoms with Crippen molar-refractivity contribution in [2.45, 2.75) is 58.8 Å². The fraction of sp³-hybridized carbons (Fsp3) is 0.458. The fourth-order valence-corrected chi connectivity index (χ4v) is 3.45. The van der Waals surface area contributed by atoms with Crippen molar-refractivity contribution in [2.75, 3.05) is 18.5 Å². The standard InChI is InChI=1S/C24H33BrN2O2/c1-23(2,3)17-12-13-21(19(25)16-17)29-15-9-14-26-22(28)27-20-11-8-7-10-18(20)24(4,5)6/h7-8,10-13,16H,9,14-15H2,1-6H3,(H2,26,27,28). The van der Waals surface area contributed by atoms with Crippen LogP contribution in [0.25, 0.3) is 0 Å². The molecule has 0 aliphatic carbocycles. The second kappa shape index (κ2) is 9.66. The third-order valence-electron chi connectivity index (χ3n) is 4.65. The van der Waals surface area contributed by atoms with E-state index >= 15 is 0 Å². The molecule has 2 aromatic rings. The number of ether oxygens (including phenoxy) is 1. The number of urea groups is 1. The van der Waals surface area contributed by atoms with Crippen molar-refractivity contribution in [3.8, 4) is 5.75 Å². The third kappa shape index (κ3) is 7.07. The predicted octanol–water partition coefficient (Wildman–Crippen LogP) is 6.63. The van der Waals surface area contributed by atoms with Gasteiger partial charge in [-0.05, 0) is 62.5 Å². The molecule has 2 aromatic carbocycles. The lowest BCUT2D eigenvalue weighted by Gasteiger charge is -2.23. The van der Waals surface area contributed by atoms with Crippen LogP contribution in [0.1, 0.15) is 59.1 Å². The molecule has 2 rings (SSSR count). The van der Waals surface area contributed by atoms with Crippen molar-refractivity contribution < 1.29 is 9.53 Å². The van der Waals surface area contributed by atoms with Crippen molar-refractivity contribution in [3.05, 3.63) is 58.1 Å². The largest absolute Gasteiger partial charge is 0.492 e. The Labute approximate surface area is 183 Å². The molecule has 0 bridgehead atoms. The van der Waals surface area contributed by atoms with Gasteiger partial charge in [0.1, 0.15) is 5.75 Å². The van der Waals surface area contributed by atoms with Crippen LogP contribution < -0.4 is 15.4 Å². The molecule has 0 aliphatic rings. The highest BCUT2D eigenvalue weighted by molar-refractivity contribution is 9.10. The van der Waals surface area contributed by atoms with Crippen molar-refractivity contribution in [3.63, 3.8) is 0 Å². The molecule has 0 heterocycles. The minimum absolute atomic E-state index is 0.0341. The topological polar surface area (TPSA) is 50.4 Å². The van der Waals surface area contributed by atoms with Crippen molar-refractivity contribution >= 4 is 27.6 Å². The number of anilines is 1. The lowest BCUT2D eigenvalue weighted by Crippen LogP contribution is -2.31. The van der Waals surface area contributed by atoms with Crippen LogP contribution in [0.3, 0.4) is 0 Å². The van der Waals surface area contributed by atoms with Gasteiger partial charge in [-0.15, -0.1) is 0 Å². The van der Waals surface area contributed by atoms with Gasteiger partial charge in [-0.2, -0.15) is 0 Å². The second-order valence-electron chi connectivity index (χ2n) is 9.27. The molecule has 0 spiro atoms. The molecule has 2 N–H and O–H groups in total. The first-order valence-electron chi connectivity index (χ1n) is 10.1. The molecule has 0 atom stereocenters. The van der Waals surface area contributed by atoms with Gasteiger partial charge in [-0.25, -0.2) is 4.79 Å². The minimum atomic E-state index is -0.197. The number of halogens is 1. The van der Waals surface area contributed by atoms with E-state index < -0.39 is 0 Å². The zero-order valence-electron chi connectivity index (χ0n) is 18.4.